The lowest BCUT2D eigenvalue weighted by Crippen LogP contribution is -2.40. The highest BCUT2D eigenvalue weighted by Crippen LogP contribution is 2.25. The van der Waals surface area contributed by atoms with E-state index in [1.54, 1.807) is 18.2 Å². The Morgan fingerprint density at radius 1 is 1.00 bits per heavy atom. The average molecular weight is 396 g/mol. The van der Waals surface area contributed by atoms with Gasteiger partial charge in [-0.25, -0.2) is 8.42 Å². The lowest BCUT2D eigenvalue weighted by atomic mass is 9.97. The van der Waals surface area contributed by atoms with Gasteiger partial charge in [-0.3, -0.25) is 4.79 Å². The molecule has 0 saturated heterocycles. The smallest absolute Gasteiger partial charge is 0.318 e. The van der Waals surface area contributed by atoms with Crippen molar-refractivity contribution in [3.63, 3.8) is 0 Å². The van der Waals surface area contributed by atoms with Crippen molar-refractivity contribution in [2.75, 3.05) is 6.26 Å². The van der Waals surface area contributed by atoms with E-state index < -0.39 is 21.8 Å². The maximum atomic E-state index is 12.7. The second-order valence-corrected chi connectivity index (χ2v) is 8.59. The van der Waals surface area contributed by atoms with Crippen molar-refractivity contribution in [1.82, 2.24) is 5.32 Å². The lowest BCUT2D eigenvalue weighted by Gasteiger charge is -2.20. The third kappa shape index (κ3) is 4.37. The van der Waals surface area contributed by atoms with Crippen molar-refractivity contribution >= 4 is 15.7 Å². The first-order valence-corrected chi connectivity index (χ1v) is 10.5. The summed E-state index contributed by atoms with van der Waals surface area (Å²) in [7, 11) is -3.40. The van der Waals surface area contributed by atoms with Crippen LogP contribution in [0.5, 0.6) is 0 Å². The van der Waals surface area contributed by atoms with E-state index >= 15 is 0 Å². The van der Waals surface area contributed by atoms with Crippen molar-refractivity contribution in [1.29, 1.82) is 0 Å². The second-order valence-electron chi connectivity index (χ2n) is 6.57. The third-order valence-corrected chi connectivity index (χ3v) is 5.47. The van der Waals surface area contributed by atoms with E-state index in [0.717, 1.165) is 17.4 Å². The first-order valence-electron chi connectivity index (χ1n) is 8.61. The highest BCUT2D eigenvalue weighted by atomic mass is 32.2. The molecule has 0 fully saturated rings. The highest BCUT2D eigenvalue weighted by Gasteiger charge is 2.23. The zero-order valence-electron chi connectivity index (χ0n) is 15.5. The predicted octanol–water partition coefficient (Wildman–Crippen LogP) is 2.55. The predicted molar refractivity (Wildman–Crippen MR) is 105 cm³/mol. The molecule has 0 aliphatic carbocycles. The minimum Gasteiger partial charge on any atom is -0.618 e. The van der Waals surface area contributed by atoms with Crippen LogP contribution in [0.25, 0.3) is 0 Å². The van der Waals surface area contributed by atoms with Crippen molar-refractivity contribution in [2.45, 2.75) is 17.9 Å². The number of carbonyl (C=O) groups is 1. The normalized spacial score (nSPS) is 12.4. The van der Waals surface area contributed by atoms with E-state index in [2.05, 4.69) is 5.32 Å². The van der Waals surface area contributed by atoms with Crippen LogP contribution in [-0.4, -0.2) is 20.6 Å². The number of aromatic nitrogens is 1. The van der Waals surface area contributed by atoms with Gasteiger partial charge in [-0.05, 0) is 36.2 Å². The number of hydrogen-bond acceptors (Lipinski definition) is 4. The Morgan fingerprint density at radius 3 is 2.36 bits per heavy atom. The molecule has 0 aliphatic rings. The van der Waals surface area contributed by atoms with E-state index in [1.807, 2.05) is 31.2 Å². The quantitative estimate of drug-likeness (QED) is 0.530. The SMILES string of the molecule is Cc1ccc([C@@H](NC(=O)c2cccc[n+]2[O-])c2cccc(S(C)(=O)=O)c2)cc1. The van der Waals surface area contributed by atoms with Gasteiger partial charge in [0.25, 0.3) is 5.69 Å². The first-order chi connectivity index (χ1) is 13.3. The average Bonchev–Trinajstić information content (AvgIpc) is 2.66. The van der Waals surface area contributed by atoms with E-state index in [1.165, 1.54) is 30.5 Å². The number of benzene rings is 2. The molecule has 144 valence electrons. The molecule has 1 amide bonds. The summed E-state index contributed by atoms with van der Waals surface area (Å²) in [5.74, 6) is -0.550. The molecule has 0 saturated carbocycles. The summed E-state index contributed by atoms with van der Waals surface area (Å²) in [6, 6.07) is 17.9. The number of nitrogens with one attached hydrogen (secondary N) is 1. The maximum Gasteiger partial charge on any atom is 0.318 e. The number of rotatable bonds is 5. The third-order valence-electron chi connectivity index (χ3n) is 4.36. The molecule has 2 aromatic carbocycles. The number of hydrogen-bond donors (Lipinski definition) is 1. The summed E-state index contributed by atoms with van der Waals surface area (Å²) >= 11 is 0. The monoisotopic (exact) mass is 396 g/mol. The summed E-state index contributed by atoms with van der Waals surface area (Å²) in [6.07, 6.45) is 2.38. The summed E-state index contributed by atoms with van der Waals surface area (Å²) in [5, 5.41) is 14.8. The van der Waals surface area contributed by atoms with Gasteiger partial charge in [0.15, 0.2) is 16.0 Å². The van der Waals surface area contributed by atoms with Crippen LogP contribution in [0.3, 0.4) is 0 Å². The molecule has 0 radical (unpaired) electrons. The standard InChI is InChI=1S/C21H20N2O4S/c1-15-9-11-16(12-10-15)20(17-6-5-7-18(14-17)28(2,26)27)22-21(24)19-8-3-4-13-23(19)25/h3-14,20H,1-2H3,(H,22,24)/t20-/m1/s1. The number of carbonyl (C=O) groups excluding carboxylic acids is 1. The molecule has 1 N–H and O–H groups in total. The summed E-state index contributed by atoms with van der Waals surface area (Å²) in [4.78, 5) is 12.9. The van der Waals surface area contributed by atoms with E-state index in [9.17, 15) is 18.4 Å². The van der Waals surface area contributed by atoms with Gasteiger partial charge in [0.05, 0.1) is 10.9 Å². The van der Waals surface area contributed by atoms with Gasteiger partial charge in [0.2, 0.25) is 0 Å². The zero-order chi connectivity index (χ0) is 20.3. The van der Waals surface area contributed by atoms with Crippen LogP contribution in [0, 0.1) is 12.1 Å². The van der Waals surface area contributed by atoms with Crippen molar-refractivity contribution in [3.8, 4) is 0 Å². The highest BCUT2D eigenvalue weighted by molar-refractivity contribution is 7.90. The maximum absolute atomic E-state index is 12.7. The van der Waals surface area contributed by atoms with Gasteiger partial charge in [0.1, 0.15) is 0 Å². The minimum atomic E-state index is -3.40. The van der Waals surface area contributed by atoms with Crippen LogP contribution >= 0.6 is 0 Å². The lowest BCUT2D eigenvalue weighted by molar-refractivity contribution is -0.607. The molecular formula is C21H20N2O4S. The molecule has 28 heavy (non-hydrogen) atoms. The van der Waals surface area contributed by atoms with Gasteiger partial charge in [-0.15, -0.1) is 0 Å². The molecule has 3 aromatic rings. The van der Waals surface area contributed by atoms with Crippen LogP contribution in [0.1, 0.15) is 33.2 Å². The Kier molecular flexibility index (Phi) is 5.46. The largest absolute Gasteiger partial charge is 0.618 e. The van der Waals surface area contributed by atoms with Crippen LogP contribution in [0.15, 0.2) is 77.8 Å². The Morgan fingerprint density at radius 2 is 1.71 bits per heavy atom. The van der Waals surface area contributed by atoms with Gasteiger partial charge >= 0.3 is 5.91 Å². The van der Waals surface area contributed by atoms with Crippen LogP contribution in [0.2, 0.25) is 0 Å². The van der Waals surface area contributed by atoms with Crippen molar-refractivity contribution in [3.05, 3.63) is 101 Å². The number of amides is 1. The van der Waals surface area contributed by atoms with E-state index in [-0.39, 0.29) is 10.6 Å². The fourth-order valence-electron chi connectivity index (χ4n) is 2.85. The molecule has 7 heteroatoms. The summed E-state index contributed by atoms with van der Waals surface area (Å²) in [6.45, 7) is 1.95. The summed E-state index contributed by atoms with van der Waals surface area (Å²) in [5.41, 5.74) is 2.39. The molecule has 0 bridgehead atoms. The van der Waals surface area contributed by atoms with Crippen LogP contribution in [-0.2, 0) is 9.84 Å². The molecular weight excluding hydrogens is 376 g/mol. The van der Waals surface area contributed by atoms with Crippen LogP contribution < -0.4 is 10.0 Å². The second kappa shape index (κ2) is 7.82. The fraction of sp³-hybridized carbons (Fsp3) is 0.143. The van der Waals surface area contributed by atoms with E-state index in [0.29, 0.717) is 10.3 Å². The Hall–Kier alpha value is -3.19. The number of nitrogens with zero attached hydrogens (tertiary/aromatic N) is 1. The van der Waals surface area contributed by atoms with Gasteiger partial charge in [0, 0.05) is 18.4 Å². The van der Waals surface area contributed by atoms with Gasteiger partial charge in [-0.2, -0.15) is 4.73 Å². The number of pyridine rings is 1. The topological polar surface area (TPSA) is 90.2 Å². The molecule has 3 rings (SSSR count). The van der Waals surface area contributed by atoms with E-state index in [4.69, 9.17) is 0 Å². The van der Waals surface area contributed by atoms with Gasteiger partial charge in [-0.1, -0.05) is 42.0 Å². The first kappa shape index (κ1) is 19.6. The fourth-order valence-corrected chi connectivity index (χ4v) is 3.53. The molecule has 6 nitrogen and oxygen atoms in total. The number of aryl methyl sites for hydroxylation is 1. The molecule has 1 heterocycles. The van der Waals surface area contributed by atoms with Gasteiger partial charge < -0.3 is 10.5 Å². The number of sulfone groups is 1. The minimum absolute atomic E-state index is 0.0427. The van der Waals surface area contributed by atoms with Crippen molar-refractivity contribution < 1.29 is 17.9 Å². The molecule has 0 spiro atoms. The molecule has 1 aromatic heterocycles. The molecule has 1 atom stereocenters. The van der Waals surface area contributed by atoms with Crippen molar-refractivity contribution in [2.24, 2.45) is 0 Å². The molecule has 0 unspecified atom stereocenters. The Labute approximate surface area is 164 Å². The Bertz CT molecular complexity index is 1110. The zero-order valence-corrected chi connectivity index (χ0v) is 16.3. The van der Waals surface area contributed by atoms with Crippen LogP contribution in [0.4, 0.5) is 0 Å². The Balaban J connectivity index is 2.05. The molecule has 0 aliphatic heterocycles. The summed E-state index contributed by atoms with van der Waals surface area (Å²) < 4.78 is 24.4.